The molecular weight excluding hydrogens is 320 g/mol. The zero-order chi connectivity index (χ0) is 18.4. The fraction of sp³-hybridized carbons (Fsp3) is 0.545. The lowest BCUT2D eigenvalue weighted by Crippen LogP contribution is -2.40. The van der Waals surface area contributed by atoms with Gasteiger partial charge in [-0.3, -0.25) is 0 Å². The van der Waals surface area contributed by atoms with Gasteiger partial charge >= 0.3 is 0 Å². The van der Waals surface area contributed by atoms with Crippen LogP contribution in [0.4, 0.5) is 0 Å². The molecule has 140 valence electrons. The van der Waals surface area contributed by atoms with Crippen LogP contribution < -0.4 is 10.6 Å². The van der Waals surface area contributed by atoms with Gasteiger partial charge in [0.2, 0.25) is 0 Å². The molecule has 4 nitrogen and oxygen atoms in total. The quantitative estimate of drug-likeness (QED) is 0.677. The van der Waals surface area contributed by atoms with Gasteiger partial charge < -0.3 is 10.6 Å². The van der Waals surface area contributed by atoms with Crippen LogP contribution in [0, 0.1) is 11.8 Å². The van der Waals surface area contributed by atoms with Crippen molar-refractivity contribution in [1.82, 2.24) is 10.6 Å². The smallest absolute Gasteiger partial charge is 0.0914 e. The maximum Gasteiger partial charge on any atom is 0.0914 e. The monoisotopic (exact) mass is 352 g/mol. The lowest BCUT2D eigenvalue weighted by atomic mass is 9.86. The van der Waals surface area contributed by atoms with Gasteiger partial charge in [0.25, 0.3) is 0 Å². The molecule has 0 bridgehead atoms. The Morgan fingerprint density at radius 3 is 2.65 bits per heavy atom. The molecule has 2 N–H and O–H groups in total. The number of nitrogens with one attached hydrogen (secondary N) is 2. The van der Waals surface area contributed by atoms with Crippen molar-refractivity contribution in [3.8, 4) is 0 Å². The maximum absolute atomic E-state index is 4.43. The van der Waals surface area contributed by atoms with Crippen LogP contribution >= 0.6 is 0 Å². The van der Waals surface area contributed by atoms with Crippen molar-refractivity contribution in [2.45, 2.75) is 58.4 Å². The van der Waals surface area contributed by atoms with E-state index in [9.17, 15) is 0 Å². The summed E-state index contributed by atoms with van der Waals surface area (Å²) in [4.78, 5) is 0. The molecule has 0 aromatic heterocycles. The van der Waals surface area contributed by atoms with Crippen molar-refractivity contribution in [1.29, 1.82) is 0 Å². The van der Waals surface area contributed by atoms with Crippen LogP contribution in [0.15, 0.2) is 52.9 Å². The molecule has 0 amide bonds. The van der Waals surface area contributed by atoms with Crippen molar-refractivity contribution < 1.29 is 0 Å². The van der Waals surface area contributed by atoms with E-state index in [0.29, 0.717) is 12.0 Å². The highest BCUT2D eigenvalue weighted by Crippen LogP contribution is 2.24. The predicted molar refractivity (Wildman–Crippen MR) is 111 cm³/mol. The highest BCUT2D eigenvalue weighted by atomic mass is 15.2. The third-order valence-corrected chi connectivity index (χ3v) is 5.68. The van der Waals surface area contributed by atoms with Crippen molar-refractivity contribution in [3.05, 3.63) is 48.3 Å². The van der Waals surface area contributed by atoms with Crippen molar-refractivity contribution >= 4 is 11.4 Å². The van der Waals surface area contributed by atoms with Gasteiger partial charge in [0.15, 0.2) is 0 Å². The van der Waals surface area contributed by atoms with Gasteiger partial charge in [0, 0.05) is 24.2 Å². The predicted octanol–water partition coefficient (Wildman–Crippen LogP) is 4.49. The average Bonchev–Trinajstić information content (AvgIpc) is 3.02. The fourth-order valence-electron chi connectivity index (χ4n) is 3.95. The minimum Gasteiger partial charge on any atom is -0.372 e. The average molecular weight is 353 g/mol. The van der Waals surface area contributed by atoms with Crippen LogP contribution in [0.5, 0.6) is 0 Å². The first-order valence-corrected chi connectivity index (χ1v) is 10.0. The van der Waals surface area contributed by atoms with E-state index in [1.165, 1.54) is 37.0 Å². The van der Waals surface area contributed by atoms with Gasteiger partial charge in [-0.2, -0.15) is 10.2 Å². The zero-order valence-electron chi connectivity index (χ0n) is 16.2. The van der Waals surface area contributed by atoms with E-state index >= 15 is 0 Å². The molecule has 2 aliphatic rings. The summed E-state index contributed by atoms with van der Waals surface area (Å²) in [7, 11) is 0. The topological polar surface area (TPSA) is 48.8 Å². The maximum atomic E-state index is 4.43. The van der Waals surface area contributed by atoms with Gasteiger partial charge in [0.05, 0.1) is 11.5 Å². The molecule has 1 fully saturated rings. The van der Waals surface area contributed by atoms with Gasteiger partial charge in [-0.05, 0) is 37.2 Å². The van der Waals surface area contributed by atoms with Crippen molar-refractivity contribution in [3.63, 3.8) is 0 Å². The van der Waals surface area contributed by atoms with Gasteiger partial charge in [0.1, 0.15) is 0 Å². The molecule has 0 radical (unpaired) electrons. The van der Waals surface area contributed by atoms with Crippen LogP contribution in [0.3, 0.4) is 0 Å². The Hall–Kier alpha value is -2.10. The molecule has 4 heteroatoms. The number of nitrogens with zero attached hydrogens (tertiary/aromatic N) is 2. The number of rotatable bonds is 8. The van der Waals surface area contributed by atoms with Crippen LogP contribution in [0.25, 0.3) is 0 Å². The summed E-state index contributed by atoms with van der Waals surface area (Å²) in [6.07, 6.45) is 7.30. The van der Waals surface area contributed by atoms with E-state index in [0.717, 1.165) is 36.8 Å². The van der Waals surface area contributed by atoms with E-state index in [-0.39, 0.29) is 0 Å². The molecule has 1 aliphatic carbocycles. The summed E-state index contributed by atoms with van der Waals surface area (Å²) in [5.74, 6) is 2.01. The second kappa shape index (κ2) is 9.02. The third-order valence-electron chi connectivity index (χ3n) is 5.68. The van der Waals surface area contributed by atoms with E-state index in [1.807, 2.05) is 6.07 Å². The van der Waals surface area contributed by atoms with E-state index in [2.05, 4.69) is 65.5 Å². The highest BCUT2D eigenvalue weighted by molar-refractivity contribution is 6.17. The standard InChI is InChI=1S/C22H32N4/c1-16-10-7-8-13-20(16)24-18(3)23-15-9-14-21-17(2)22(26-25-21)19-11-5-4-6-12-19/h4-6,11-12,16-17,20,23-24H,3,7-10,13-15H2,1-2H3. The lowest BCUT2D eigenvalue weighted by molar-refractivity contribution is 0.292. The SMILES string of the molecule is C=C(NCCCC1=NN=C(c2ccccc2)C1C)NC1CCCCC1C. The second-order valence-electron chi connectivity index (χ2n) is 7.69. The molecule has 3 unspecified atom stereocenters. The molecule has 3 rings (SSSR count). The van der Waals surface area contributed by atoms with Crippen molar-refractivity contribution in [2.75, 3.05) is 6.54 Å². The van der Waals surface area contributed by atoms with Gasteiger partial charge in [-0.25, -0.2) is 0 Å². The van der Waals surface area contributed by atoms with Crippen LogP contribution in [-0.2, 0) is 0 Å². The molecular formula is C22H32N4. The van der Waals surface area contributed by atoms with E-state index in [1.54, 1.807) is 0 Å². The first-order valence-electron chi connectivity index (χ1n) is 10.0. The minimum absolute atomic E-state index is 0.307. The molecule has 1 aromatic rings. The Balaban J connectivity index is 1.36. The third kappa shape index (κ3) is 4.75. The minimum atomic E-state index is 0.307. The number of benzene rings is 1. The summed E-state index contributed by atoms with van der Waals surface area (Å²) in [6, 6.07) is 10.9. The molecule has 0 spiro atoms. The lowest BCUT2D eigenvalue weighted by Gasteiger charge is -2.31. The Labute approximate surface area is 157 Å². The summed E-state index contributed by atoms with van der Waals surface area (Å²) < 4.78 is 0. The van der Waals surface area contributed by atoms with E-state index < -0.39 is 0 Å². The summed E-state index contributed by atoms with van der Waals surface area (Å²) in [5, 5.41) is 15.9. The molecule has 1 heterocycles. The van der Waals surface area contributed by atoms with E-state index in [4.69, 9.17) is 0 Å². The Morgan fingerprint density at radius 1 is 1.12 bits per heavy atom. The van der Waals surface area contributed by atoms with Crippen LogP contribution in [0.2, 0.25) is 0 Å². The Bertz CT molecular complexity index is 662. The summed E-state index contributed by atoms with van der Waals surface area (Å²) in [6.45, 7) is 9.61. The highest BCUT2D eigenvalue weighted by Gasteiger charge is 2.23. The first kappa shape index (κ1) is 18.7. The second-order valence-corrected chi connectivity index (χ2v) is 7.69. The summed E-state index contributed by atoms with van der Waals surface area (Å²) >= 11 is 0. The molecule has 1 saturated carbocycles. The van der Waals surface area contributed by atoms with Gasteiger partial charge in [-0.1, -0.05) is 63.6 Å². The molecule has 3 atom stereocenters. The first-order chi connectivity index (χ1) is 12.6. The zero-order valence-corrected chi connectivity index (χ0v) is 16.2. The molecule has 1 aliphatic heterocycles. The van der Waals surface area contributed by atoms with Crippen molar-refractivity contribution in [2.24, 2.45) is 22.0 Å². The normalized spacial score (nSPS) is 25.4. The number of hydrogen-bond acceptors (Lipinski definition) is 4. The number of hydrogen-bond donors (Lipinski definition) is 2. The summed E-state index contributed by atoms with van der Waals surface area (Å²) in [5.41, 5.74) is 3.45. The largest absolute Gasteiger partial charge is 0.372 e. The molecule has 0 saturated heterocycles. The molecule has 1 aromatic carbocycles. The van der Waals surface area contributed by atoms with Crippen LogP contribution in [-0.4, -0.2) is 24.0 Å². The fourth-order valence-corrected chi connectivity index (χ4v) is 3.95. The van der Waals surface area contributed by atoms with Gasteiger partial charge in [-0.15, -0.1) is 0 Å². The van der Waals surface area contributed by atoms with Crippen LogP contribution in [0.1, 0.15) is 57.9 Å². The Kier molecular flexibility index (Phi) is 6.48. The molecule has 26 heavy (non-hydrogen) atoms. The Morgan fingerprint density at radius 2 is 1.88 bits per heavy atom.